The number of tetrazole rings is 1. The number of nitrogens with zero attached hydrogens (tertiary/aromatic N) is 4. The molecule has 0 aliphatic carbocycles. The highest BCUT2D eigenvalue weighted by Crippen LogP contribution is 2.32. The van der Waals surface area contributed by atoms with Crippen molar-refractivity contribution >= 4 is 21.4 Å². The highest BCUT2D eigenvalue weighted by molar-refractivity contribution is 7.86. The van der Waals surface area contributed by atoms with E-state index in [2.05, 4.69) is 25.9 Å². The monoisotopic (exact) mass is 322 g/mol. The SMILES string of the molecule is Cc1cc(NC=C(C#N)c2nn[nH]n2)c(O)c(S(=O)(=O)O)c1. The molecule has 0 aliphatic heterocycles. The summed E-state index contributed by atoms with van der Waals surface area (Å²) in [6.07, 6.45) is 1.17. The van der Waals surface area contributed by atoms with Crippen LogP contribution in [0, 0.1) is 18.3 Å². The summed E-state index contributed by atoms with van der Waals surface area (Å²) in [6.45, 7) is 1.58. The van der Waals surface area contributed by atoms with E-state index in [1.807, 2.05) is 6.07 Å². The van der Waals surface area contributed by atoms with E-state index in [4.69, 9.17) is 9.81 Å². The van der Waals surface area contributed by atoms with Gasteiger partial charge in [-0.05, 0) is 29.8 Å². The Bertz CT molecular complexity index is 867. The molecule has 4 N–H and O–H groups in total. The zero-order valence-electron chi connectivity index (χ0n) is 11.1. The third kappa shape index (κ3) is 3.19. The third-order valence-electron chi connectivity index (χ3n) is 2.58. The van der Waals surface area contributed by atoms with Gasteiger partial charge in [0.25, 0.3) is 10.1 Å². The maximum absolute atomic E-state index is 11.2. The molecule has 114 valence electrons. The lowest BCUT2D eigenvalue weighted by molar-refractivity contribution is 0.445. The highest BCUT2D eigenvalue weighted by atomic mass is 32.2. The lowest BCUT2D eigenvalue weighted by Crippen LogP contribution is -2.02. The van der Waals surface area contributed by atoms with Crippen LogP contribution in [0.25, 0.3) is 5.57 Å². The van der Waals surface area contributed by atoms with E-state index in [-0.39, 0.29) is 17.1 Å². The molecule has 11 heteroatoms. The van der Waals surface area contributed by atoms with E-state index >= 15 is 0 Å². The number of aromatic hydroxyl groups is 1. The smallest absolute Gasteiger partial charge is 0.298 e. The maximum Gasteiger partial charge on any atom is 0.298 e. The Morgan fingerprint density at radius 1 is 1.50 bits per heavy atom. The first kappa shape index (κ1) is 15.4. The van der Waals surface area contributed by atoms with E-state index in [1.165, 1.54) is 12.3 Å². The fraction of sp³-hybridized carbons (Fsp3) is 0.0909. The first-order chi connectivity index (χ1) is 10.3. The van der Waals surface area contributed by atoms with Gasteiger partial charge < -0.3 is 10.4 Å². The number of nitrogens with one attached hydrogen (secondary N) is 2. The molecule has 2 rings (SSSR count). The lowest BCUT2D eigenvalue weighted by atomic mass is 10.2. The number of aryl methyl sites for hydroxylation is 1. The van der Waals surface area contributed by atoms with Crippen molar-refractivity contribution in [2.75, 3.05) is 5.32 Å². The van der Waals surface area contributed by atoms with Crippen molar-refractivity contribution in [3.63, 3.8) is 0 Å². The van der Waals surface area contributed by atoms with E-state index in [0.29, 0.717) is 5.56 Å². The van der Waals surface area contributed by atoms with Crippen LogP contribution in [0.2, 0.25) is 0 Å². The van der Waals surface area contributed by atoms with Crippen LogP contribution in [0.4, 0.5) is 5.69 Å². The van der Waals surface area contributed by atoms with Crippen molar-refractivity contribution in [1.29, 1.82) is 5.26 Å². The molecule has 0 aliphatic rings. The first-order valence-electron chi connectivity index (χ1n) is 5.74. The molecule has 0 saturated heterocycles. The molecule has 0 spiro atoms. The number of phenols is 1. The number of aromatic nitrogens is 4. The van der Waals surface area contributed by atoms with Crippen molar-refractivity contribution < 1.29 is 18.1 Å². The highest BCUT2D eigenvalue weighted by Gasteiger charge is 2.19. The topological polar surface area (TPSA) is 165 Å². The van der Waals surface area contributed by atoms with Gasteiger partial charge in [-0.1, -0.05) is 0 Å². The third-order valence-corrected chi connectivity index (χ3v) is 3.44. The van der Waals surface area contributed by atoms with Crippen LogP contribution in [0.1, 0.15) is 11.4 Å². The zero-order chi connectivity index (χ0) is 16.3. The Hall–Kier alpha value is -2.97. The van der Waals surface area contributed by atoms with E-state index in [0.717, 1.165) is 6.07 Å². The van der Waals surface area contributed by atoms with Crippen LogP contribution < -0.4 is 5.32 Å². The summed E-state index contributed by atoms with van der Waals surface area (Å²) in [5, 5.41) is 34.2. The summed E-state index contributed by atoms with van der Waals surface area (Å²) in [5.41, 5.74) is 0.464. The fourth-order valence-electron chi connectivity index (χ4n) is 1.62. The Balaban J connectivity index is 2.43. The second kappa shape index (κ2) is 5.80. The molecular formula is C11H10N6O4S. The molecule has 0 atom stereocenters. The maximum atomic E-state index is 11.2. The lowest BCUT2D eigenvalue weighted by Gasteiger charge is -2.09. The van der Waals surface area contributed by atoms with E-state index < -0.39 is 20.8 Å². The molecule has 0 radical (unpaired) electrons. The molecule has 0 unspecified atom stereocenters. The summed E-state index contributed by atoms with van der Waals surface area (Å²) in [4.78, 5) is -0.638. The average Bonchev–Trinajstić information content (AvgIpc) is 2.95. The first-order valence-corrected chi connectivity index (χ1v) is 7.18. The molecule has 22 heavy (non-hydrogen) atoms. The van der Waals surface area contributed by atoms with Gasteiger partial charge >= 0.3 is 0 Å². The second-order valence-electron chi connectivity index (χ2n) is 4.18. The standard InChI is InChI=1S/C11H10N6O4S/c1-6-2-8(10(18)9(3-6)22(19,20)21)13-5-7(4-12)11-14-16-17-15-11/h2-3,5,13,18H,1H3,(H,19,20,21)(H,14,15,16,17). The van der Waals surface area contributed by atoms with E-state index in [1.54, 1.807) is 6.92 Å². The Morgan fingerprint density at radius 2 is 2.23 bits per heavy atom. The van der Waals surface area contributed by atoms with Crippen LogP contribution in [0.15, 0.2) is 23.2 Å². The van der Waals surface area contributed by atoms with Crippen LogP contribution in [-0.4, -0.2) is 38.7 Å². The summed E-state index contributed by atoms with van der Waals surface area (Å²) >= 11 is 0. The number of hydrogen-bond acceptors (Lipinski definition) is 8. The number of rotatable bonds is 4. The summed E-state index contributed by atoms with van der Waals surface area (Å²) < 4.78 is 31.5. The number of H-pyrrole nitrogens is 1. The Kier molecular flexibility index (Phi) is 4.06. The van der Waals surface area contributed by atoms with Crippen LogP contribution >= 0.6 is 0 Å². The predicted molar refractivity (Wildman–Crippen MR) is 74.0 cm³/mol. The minimum atomic E-state index is -4.58. The predicted octanol–water partition coefficient (Wildman–Crippen LogP) is 0.437. The quantitative estimate of drug-likeness (QED) is 0.355. The molecule has 0 bridgehead atoms. The van der Waals surface area contributed by atoms with Gasteiger partial charge in [-0.15, -0.1) is 10.2 Å². The van der Waals surface area contributed by atoms with Crippen LogP contribution in [0.3, 0.4) is 0 Å². The minimum Gasteiger partial charge on any atom is -0.504 e. The number of nitriles is 1. The molecule has 1 aromatic heterocycles. The average molecular weight is 322 g/mol. The van der Waals surface area contributed by atoms with Gasteiger partial charge in [-0.25, -0.2) is 0 Å². The molecule has 10 nitrogen and oxygen atoms in total. The van der Waals surface area contributed by atoms with Gasteiger partial charge in [0.05, 0.1) is 5.69 Å². The fourth-order valence-corrected chi connectivity index (χ4v) is 2.31. The van der Waals surface area contributed by atoms with Crippen LogP contribution in [0.5, 0.6) is 5.75 Å². The van der Waals surface area contributed by atoms with Crippen molar-refractivity contribution in [1.82, 2.24) is 20.6 Å². The second-order valence-corrected chi connectivity index (χ2v) is 5.57. The molecule has 1 aromatic carbocycles. The van der Waals surface area contributed by atoms with Crippen LogP contribution in [-0.2, 0) is 10.1 Å². The number of aromatic amines is 1. The number of phenolic OH excluding ortho intramolecular Hbond substituents is 1. The number of anilines is 1. The molecular weight excluding hydrogens is 312 g/mol. The number of allylic oxidation sites excluding steroid dienone is 1. The van der Waals surface area contributed by atoms with E-state index in [9.17, 15) is 13.5 Å². The molecule has 0 fully saturated rings. The number of hydrogen-bond donors (Lipinski definition) is 4. The summed E-state index contributed by atoms with van der Waals surface area (Å²) in [6, 6.07) is 4.37. The molecule has 2 aromatic rings. The van der Waals surface area contributed by atoms with Crippen molar-refractivity contribution in [2.24, 2.45) is 0 Å². The van der Waals surface area contributed by atoms with Gasteiger partial charge in [0.2, 0.25) is 5.82 Å². The number of benzene rings is 1. The molecule has 0 amide bonds. The van der Waals surface area contributed by atoms with Crippen molar-refractivity contribution in [3.8, 4) is 11.8 Å². The zero-order valence-corrected chi connectivity index (χ0v) is 12.0. The minimum absolute atomic E-state index is 0.00283. The normalized spacial score (nSPS) is 12.0. The van der Waals surface area contributed by atoms with Crippen molar-refractivity contribution in [2.45, 2.75) is 11.8 Å². The van der Waals surface area contributed by atoms with Crippen molar-refractivity contribution in [3.05, 3.63) is 29.7 Å². The molecule has 0 saturated carbocycles. The van der Waals surface area contributed by atoms with Gasteiger partial charge in [-0.3, -0.25) is 4.55 Å². The summed E-state index contributed by atoms with van der Waals surface area (Å²) in [7, 11) is -4.58. The Morgan fingerprint density at radius 3 is 2.77 bits per heavy atom. The van der Waals surface area contributed by atoms with Gasteiger partial charge in [0.15, 0.2) is 5.75 Å². The summed E-state index contributed by atoms with van der Waals surface area (Å²) in [5.74, 6) is -0.646. The van der Waals surface area contributed by atoms with Gasteiger partial charge in [-0.2, -0.15) is 18.9 Å². The van der Waals surface area contributed by atoms with Gasteiger partial charge in [0, 0.05) is 6.20 Å². The largest absolute Gasteiger partial charge is 0.504 e. The van der Waals surface area contributed by atoms with Gasteiger partial charge in [0.1, 0.15) is 16.5 Å². The Labute approximate surface area is 124 Å². The molecule has 1 heterocycles.